The number of rotatable bonds is 6. The molecule has 0 fully saturated rings. The minimum absolute atomic E-state index is 0.248. The van der Waals surface area contributed by atoms with E-state index in [1.165, 1.54) is 29.2 Å². The summed E-state index contributed by atoms with van der Waals surface area (Å²) in [6, 6.07) is 13.1. The number of ether oxygens (including phenoxy) is 1. The molecule has 0 radical (unpaired) electrons. The molecule has 2 aromatic carbocycles. The monoisotopic (exact) mass is 390 g/mol. The van der Waals surface area contributed by atoms with E-state index in [1.807, 2.05) is 0 Å². The Hall–Kier alpha value is -2.65. The molecule has 134 valence electrons. The van der Waals surface area contributed by atoms with Gasteiger partial charge in [0.05, 0.1) is 7.11 Å². The van der Waals surface area contributed by atoms with Gasteiger partial charge in [-0.05, 0) is 35.9 Å². The minimum atomic E-state index is -0.419. The molecule has 9 heteroatoms. The Labute approximate surface area is 157 Å². The molecule has 2 N–H and O–H groups in total. The van der Waals surface area contributed by atoms with Crippen LogP contribution >= 0.6 is 23.1 Å². The highest BCUT2D eigenvalue weighted by Gasteiger charge is 2.10. The molecule has 0 saturated heterocycles. The van der Waals surface area contributed by atoms with Crippen molar-refractivity contribution >= 4 is 39.9 Å². The maximum atomic E-state index is 13.6. The molecule has 0 unspecified atom stereocenters. The fourth-order valence-electron chi connectivity index (χ4n) is 2.01. The maximum Gasteiger partial charge on any atom is 0.325 e. The first kappa shape index (κ1) is 18.2. The molecule has 0 aliphatic carbocycles. The van der Waals surface area contributed by atoms with E-state index in [4.69, 9.17) is 4.74 Å². The molecule has 0 aliphatic heterocycles. The van der Waals surface area contributed by atoms with Gasteiger partial charge in [-0.25, -0.2) is 9.18 Å². The van der Waals surface area contributed by atoms with E-state index in [0.29, 0.717) is 32.2 Å². The van der Waals surface area contributed by atoms with Gasteiger partial charge in [0.2, 0.25) is 5.13 Å². The van der Waals surface area contributed by atoms with Crippen LogP contribution in [0.25, 0.3) is 0 Å². The van der Waals surface area contributed by atoms with Crippen LogP contribution in [0.5, 0.6) is 5.75 Å². The lowest BCUT2D eigenvalue weighted by Crippen LogP contribution is -2.19. The van der Waals surface area contributed by atoms with Gasteiger partial charge in [0.15, 0.2) is 4.34 Å². The number of nitrogens with zero attached hydrogens (tertiary/aromatic N) is 2. The molecule has 6 nitrogen and oxygen atoms in total. The third-order valence-electron chi connectivity index (χ3n) is 3.28. The molecule has 3 aromatic rings. The largest absolute Gasteiger partial charge is 0.497 e. The number of thioether (sulfide) groups is 1. The summed E-state index contributed by atoms with van der Waals surface area (Å²) >= 11 is 2.59. The van der Waals surface area contributed by atoms with Gasteiger partial charge in [-0.2, -0.15) is 0 Å². The molecule has 2 amide bonds. The standard InChI is InChI=1S/C17H15FN4O2S2/c1-24-13-8-6-12(7-9-13)19-15(23)20-16-21-22-17(26-16)25-10-11-4-2-3-5-14(11)18/h2-9H,10H2,1H3,(H2,19,20,21,23). The Bertz CT molecular complexity index is 886. The number of carbonyl (C=O) groups excluding carboxylic acids is 1. The lowest BCUT2D eigenvalue weighted by Gasteiger charge is -2.05. The van der Waals surface area contributed by atoms with E-state index in [0.717, 1.165) is 0 Å². The maximum absolute atomic E-state index is 13.6. The molecule has 1 heterocycles. The summed E-state index contributed by atoms with van der Waals surface area (Å²) in [6.45, 7) is 0. The third kappa shape index (κ3) is 4.93. The number of hydrogen-bond donors (Lipinski definition) is 2. The average molecular weight is 390 g/mol. The Morgan fingerprint density at radius 3 is 2.65 bits per heavy atom. The van der Waals surface area contributed by atoms with Crippen molar-refractivity contribution in [3.05, 3.63) is 59.9 Å². The highest BCUT2D eigenvalue weighted by atomic mass is 32.2. The lowest BCUT2D eigenvalue weighted by atomic mass is 10.2. The first-order valence-electron chi connectivity index (χ1n) is 7.56. The van der Waals surface area contributed by atoms with Crippen LogP contribution in [0.3, 0.4) is 0 Å². The van der Waals surface area contributed by atoms with Crippen LogP contribution in [-0.4, -0.2) is 23.3 Å². The minimum Gasteiger partial charge on any atom is -0.497 e. The molecule has 1 aromatic heterocycles. The summed E-state index contributed by atoms with van der Waals surface area (Å²) in [4.78, 5) is 12.0. The number of benzene rings is 2. The molecule has 26 heavy (non-hydrogen) atoms. The van der Waals surface area contributed by atoms with Crippen molar-refractivity contribution in [3.63, 3.8) is 0 Å². The molecule has 0 spiro atoms. The van der Waals surface area contributed by atoms with Gasteiger partial charge in [-0.1, -0.05) is 41.3 Å². The third-order valence-corrected chi connectivity index (χ3v) is 5.30. The Morgan fingerprint density at radius 1 is 1.15 bits per heavy atom. The van der Waals surface area contributed by atoms with Crippen LogP contribution in [-0.2, 0) is 5.75 Å². The van der Waals surface area contributed by atoms with E-state index in [2.05, 4.69) is 20.8 Å². The van der Waals surface area contributed by atoms with Crippen LogP contribution in [0.1, 0.15) is 5.56 Å². The predicted octanol–water partition coefficient (Wildman–Crippen LogP) is 4.62. The fourth-order valence-corrected chi connectivity index (χ4v) is 3.74. The summed E-state index contributed by atoms with van der Waals surface area (Å²) < 4.78 is 19.3. The number of halogens is 1. The second-order valence-corrected chi connectivity index (χ2v) is 7.26. The predicted molar refractivity (Wildman–Crippen MR) is 102 cm³/mol. The smallest absolute Gasteiger partial charge is 0.325 e. The first-order chi connectivity index (χ1) is 12.6. The second-order valence-electron chi connectivity index (χ2n) is 5.06. The van der Waals surface area contributed by atoms with Gasteiger partial charge >= 0.3 is 6.03 Å². The molecule has 0 aliphatic rings. The van der Waals surface area contributed by atoms with Crippen LogP contribution < -0.4 is 15.4 Å². The van der Waals surface area contributed by atoms with E-state index in [1.54, 1.807) is 49.6 Å². The van der Waals surface area contributed by atoms with E-state index < -0.39 is 6.03 Å². The van der Waals surface area contributed by atoms with Gasteiger partial charge in [-0.3, -0.25) is 5.32 Å². The average Bonchev–Trinajstić information content (AvgIpc) is 3.09. The highest BCUT2D eigenvalue weighted by molar-refractivity contribution is 8.00. The topological polar surface area (TPSA) is 76.1 Å². The van der Waals surface area contributed by atoms with Gasteiger partial charge in [0, 0.05) is 11.4 Å². The number of hydrogen-bond acceptors (Lipinski definition) is 6. The van der Waals surface area contributed by atoms with Gasteiger partial charge < -0.3 is 10.1 Å². The molecule has 0 atom stereocenters. The fraction of sp³-hybridized carbons (Fsp3) is 0.118. The van der Waals surface area contributed by atoms with Crippen molar-refractivity contribution in [2.45, 2.75) is 10.1 Å². The quantitative estimate of drug-likeness (QED) is 0.474. The van der Waals surface area contributed by atoms with Crippen molar-refractivity contribution in [2.24, 2.45) is 0 Å². The number of anilines is 2. The zero-order chi connectivity index (χ0) is 18.4. The molecular formula is C17H15FN4O2S2. The van der Waals surface area contributed by atoms with E-state index in [9.17, 15) is 9.18 Å². The van der Waals surface area contributed by atoms with Crippen molar-refractivity contribution in [1.82, 2.24) is 10.2 Å². The zero-order valence-corrected chi connectivity index (χ0v) is 15.4. The molecule has 3 rings (SSSR count). The Morgan fingerprint density at radius 2 is 1.92 bits per heavy atom. The number of amides is 2. The normalized spacial score (nSPS) is 10.4. The summed E-state index contributed by atoms with van der Waals surface area (Å²) in [6.07, 6.45) is 0. The summed E-state index contributed by atoms with van der Waals surface area (Å²) in [5.41, 5.74) is 1.22. The number of urea groups is 1. The number of methoxy groups -OCH3 is 1. The van der Waals surface area contributed by atoms with Gasteiger partial charge in [0.25, 0.3) is 0 Å². The van der Waals surface area contributed by atoms with Crippen LogP contribution in [0.2, 0.25) is 0 Å². The Balaban J connectivity index is 1.52. The van der Waals surface area contributed by atoms with Gasteiger partial charge in [-0.15, -0.1) is 10.2 Å². The van der Waals surface area contributed by atoms with Crippen LogP contribution in [0.15, 0.2) is 52.9 Å². The molecule has 0 saturated carbocycles. The molecular weight excluding hydrogens is 375 g/mol. The molecule has 0 bridgehead atoms. The second kappa shape index (κ2) is 8.63. The van der Waals surface area contributed by atoms with E-state index >= 15 is 0 Å². The van der Waals surface area contributed by atoms with Crippen molar-refractivity contribution in [3.8, 4) is 5.75 Å². The van der Waals surface area contributed by atoms with Crippen molar-refractivity contribution in [1.29, 1.82) is 0 Å². The summed E-state index contributed by atoms with van der Waals surface area (Å²) in [5, 5.41) is 13.6. The number of carbonyl (C=O) groups is 1. The van der Waals surface area contributed by atoms with Crippen LogP contribution in [0.4, 0.5) is 20.0 Å². The summed E-state index contributed by atoms with van der Waals surface area (Å²) in [7, 11) is 1.58. The highest BCUT2D eigenvalue weighted by Crippen LogP contribution is 2.29. The first-order valence-corrected chi connectivity index (χ1v) is 9.36. The van der Waals surface area contributed by atoms with Crippen molar-refractivity contribution in [2.75, 3.05) is 17.7 Å². The number of aromatic nitrogens is 2. The van der Waals surface area contributed by atoms with Crippen LogP contribution in [0, 0.1) is 5.82 Å². The summed E-state index contributed by atoms with van der Waals surface area (Å²) in [5.74, 6) is 0.901. The van der Waals surface area contributed by atoms with Crippen molar-refractivity contribution < 1.29 is 13.9 Å². The number of nitrogens with one attached hydrogen (secondary N) is 2. The SMILES string of the molecule is COc1ccc(NC(=O)Nc2nnc(SCc3ccccc3F)s2)cc1. The lowest BCUT2D eigenvalue weighted by molar-refractivity contribution is 0.262. The zero-order valence-electron chi connectivity index (χ0n) is 13.7. The Kier molecular flexibility index (Phi) is 6.03. The van der Waals surface area contributed by atoms with E-state index in [-0.39, 0.29) is 5.82 Å². The van der Waals surface area contributed by atoms with Gasteiger partial charge in [0.1, 0.15) is 11.6 Å².